The minimum absolute atomic E-state index is 0.0905. The largest absolute Gasteiger partial charge is 0.481 e. The van der Waals surface area contributed by atoms with Crippen molar-refractivity contribution in [3.05, 3.63) is 35.4 Å². The number of carbonyl (C=O) groups excluding carboxylic acids is 1. The number of rotatable bonds is 3. The third-order valence-corrected chi connectivity index (χ3v) is 3.67. The first-order chi connectivity index (χ1) is 9.06. The Kier molecular flexibility index (Phi) is 4.20. The number of carboxylic acid groups (broad SMARTS) is 1. The Bertz CT molecular complexity index is 459. The molecule has 1 aromatic carbocycles. The van der Waals surface area contributed by atoms with Gasteiger partial charge in [-0.1, -0.05) is 29.8 Å². The van der Waals surface area contributed by atoms with E-state index in [1.165, 1.54) is 5.56 Å². The molecule has 2 rings (SSSR count). The van der Waals surface area contributed by atoms with E-state index in [0.717, 1.165) is 5.56 Å². The molecule has 0 radical (unpaired) electrons. The van der Waals surface area contributed by atoms with Crippen LogP contribution in [-0.4, -0.2) is 35.0 Å². The lowest BCUT2D eigenvalue weighted by Crippen LogP contribution is -2.40. The maximum absolute atomic E-state index is 12.1. The van der Waals surface area contributed by atoms with Crippen LogP contribution in [0.2, 0.25) is 0 Å². The van der Waals surface area contributed by atoms with Crippen molar-refractivity contribution in [1.29, 1.82) is 0 Å². The fraction of sp³-hybridized carbons (Fsp3) is 0.467. The second kappa shape index (κ2) is 5.87. The molecule has 1 amide bonds. The molecule has 1 aliphatic heterocycles. The van der Waals surface area contributed by atoms with Crippen LogP contribution in [0.15, 0.2) is 24.3 Å². The minimum Gasteiger partial charge on any atom is -0.481 e. The van der Waals surface area contributed by atoms with Gasteiger partial charge in [0.1, 0.15) is 0 Å². The van der Waals surface area contributed by atoms with Crippen LogP contribution in [-0.2, 0) is 16.0 Å². The number of aryl methyl sites for hydroxylation is 1. The van der Waals surface area contributed by atoms with Gasteiger partial charge in [-0.15, -0.1) is 0 Å². The number of nitrogens with zero attached hydrogens (tertiary/aromatic N) is 1. The zero-order valence-electron chi connectivity index (χ0n) is 11.1. The van der Waals surface area contributed by atoms with Crippen LogP contribution < -0.4 is 0 Å². The summed E-state index contributed by atoms with van der Waals surface area (Å²) >= 11 is 0. The van der Waals surface area contributed by atoms with Crippen molar-refractivity contribution >= 4 is 11.9 Å². The summed E-state index contributed by atoms with van der Waals surface area (Å²) in [7, 11) is 0. The SMILES string of the molecule is Cc1ccc(CC(=O)N2CCC(C(=O)O)CC2)cc1. The van der Waals surface area contributed by atoms with E-state index in [2.05, 4.69) is 0 Å². The van der Waals surface area contributed by atoms with E-state index >= 15 is 0 Å². The predicted octanol–water partition coefficient (Wildman–Crippen LogP) is 1.86. The first kappa shape index (κ1) is 13.6. The lowest BCUT2D eigenvalue weighted by molar-refractivity contribution is -0.145. The number of carboxylic acids is 1. The fourth-order valence-electron chi connectivity index (χ4n) is 2.37. The molecular weight excluding hydrogens is 242 g/mol. The van der Waals surface area contributed by atoms with Gasteiger partial charge in [-0.2, -0.15) is 0 Å². The average molecular weight is 261 g/mol. The van der Waals surface area contributed by atoms with Crippen molar-refractivity contribution in [1.82, 2.24) is 4.90 Å². The summed E-state index contributed by atoms with van der Waals surface area (Å²) in [5.74, 6) is -0.943. The fourth-order valence-corrected chi connectivity index (χ4v) is 2.37. The highest BCUT2D eigenvalue weighted by Gasteiger charge is 2.26. The molecule has 4 nitrogen and oxygen atoms in total. The summed E-state index contributed by atoms with van der Waals surface area (Å²) in [6.45, 7) is 3.13. The predicted molar refractivity (Wildman–Crippen MR) is 71.8 cm³/mol. The second-order valence-electron chi connectivity index (χ2n) is 5.16. The number of piperidine rings is 1. The van der Waals surface area contributed by atoms with Gasteiger partial charge < -0.3 is 10.0 Å². The van der Waals surface area contributed by atoms with Crippen LogP contribution in [0, 0.1) is 12.8 Å². The monoisotopic (exact) mass is 261 g/mol. The van der Waals surface area contributed by atoms with Gasteiger partial charge in [0, 0.05) is 13.1 Å². The first-order valence-corrected chi connectivity index (χ1v) is 6.62. The number of likely N-dealkylation sites (tertiary alicyclic amines) is 1. The van der Waals surface area contributed by atoms with Crippen LogP contribution in [0.1, 0.15) is 24.0 Å². The van der Waals surface area contributed by atoms with Gasteiger partial charge in [-0.3, -0.25) is 9.59 Å². The van der Waals surface area contributed by atoms with Crippen molar-refractivity contribution in [2.45, 2.75) is 26.2 Å². The molecule has 1 saturated heterocycles. The highest BCUT2D eigenvalue weighted by molar-refractivity contribution is 5.79. The molecule has 1 N–H and O–H groups in total. The molecule has 0 saturated carbocycles. The lowest BCUT2D eigenvalue weighted by atomic mass is 9.96. The second-order valence-corrected chi connectivity index (χ2v) is 5.16. The van der Waals surface area contributed by atoms with E-state index < -0.39 is 5.97 Å². The van der Waals surface area contributed by atoms with Gasteiger partial charge >= 0.3 is 5.97 Å². The van der Waals surface area contributed by atoms with Crippen molar-refractivity contribution in [2.75, 3.05) is 13.1 Å². The van der Waals surface area contributed by atoms with Crippen LogP contribution >= 0.6 is 0 Å². The summed E-state index contributed by atoms with van der Waals surface area (Å²) in [4.78, 5) is 24.7. The zero-order valence-corrected chi connectivity index (χ0v) is 11.1. The minimum atomic E-state index is -0.745. The van der Waals surface area contributed by atoms with Crippen molar-refractivity contribution in [2.24, 2.45) is 5.92 Å². The number of aliphatic carboxylic acids is 1. The molecule has 1 aliphatic rings. The third kappa shape index (κ3) is 3.56. The molecule has 102 valence electrons. The van der Waals surface area contributed by atoms with Crippen LogP contribution in [0.5, 0.6) is 0 Å². The molecule has 0 aromatic heterocycles. The maximum atomic E-state index is 12.1. The lowest BCUT2D eigenvalue weighted by Gasteiger charge is -2.30. The quantitative estimate of drug-likeness (QED) is 0.903. The van der Waals surface area contributed by atoms with Crippen molar-refractivity contribution in [3.8, 4) is 0 Å². The van der Waals surface area contributed by atoms with Gasteiger partial charge in [0.25, 0.3) is 0 Å². The molecule has 0 aliphatic carbocycles. The van der Waals surface area contributed by atoms with E-state index in [0.29, 0.717) is 32.4 Å². The zero-order chi connectivity index (χ0) is 13.8. The maximum Gasteiger partial charge on any atom is 0.306 e. The molecule has 0 bridgehead atoms. The molecule has 0 atom stereocenters. The number of hydrogen-bond donors (Lipinski definition) is 1. The van der Waals surface area contributed by atoms with Gasteiger partial charge in [-0.05, 0) is 25.3 Å². The summed E-state index contributed by atoms with van der Waals surface area (Å²) in [5.41, 5.74) is 2.19. The Hall–Kier alpha value is -1.84. The number of amides is 1. The Morgan fingerprint density at radius 2 is 1.79 bits per heavy atom. The van der Waals surface area contributed by atoms with Gasteiger partial charge in [0.15, 0.2) is 0 Å². The van der Waals surface area contributed by atoms with E-state index in [4.69, 9.17) is 5.11 Å². The van der Waals surface area contributed by atoms with E-state index in [1.807, 2.05) is 31.2 Å². The first-order valence-electron chi connectivity index (χ1n) is 6.62. The topological polar surface area (TPSA) is 57.6 Å². The molecule has 0 spiro atoms. The summed E-state index contributed by atoms with van der Waals surface area (Å²) < 4.78 is 0. The summed E-state index contributed by atoms with van der Waals surface area (Å²) in [6.07, 6.45) is 1.53. The van der Waals surface area contributed by atoms with E-state index in [9.17, 15) is 9.59 Å². The Labute approximate surface area is 113 Å². The molecular formula is C15H19NO3. The van der Waals surface area contributed by atoms with E-state index in [1.54, 1.807) is 4.90 Å². The van der Waals surface area contributed by atoms with Gasteiger partial charge in [0.2, 0.25) is 5.91 Å². The Morgan fingerprint density at radius 3 is 2.32 bits per heavy atom. The van der Waals surface area contributed by atoms with Crippen LogP contribution in [0.4, 0.5) is 0 Å². The molecule has 4 heteroatoms. The number of benzene rings is 1. The highest BCUT2D eigenvalue weighted by Crippen LogP contribution is 2.18. The molecule has 1 fully saturated rings. The van der Waals surface area contributed by atoms with Crippen molar-refractivity contribution < 1.29 is 14.7 Å². The Morgan fingerprint density at radius 1 is 1.21 bits per heavy atom. The van der Waals surface area contributed by atoms with Gasteiger partial charge in [-0.25, -0.2) is 0 Å². The Balaban J connectivity index is 1.88. The average Bonchev–Trinajstić information content (AvgIpc) is 2.41. The van der Waals surface area contributed by atoms with Crippen molar-refractivity contribution in [3.63, 3.8) is 0 Å². The standard InChI is InChI=1S/C15H19NO3/c1-11-2-4-12(5-3-11)10-14(17)16-8-6-13(7-9-16)15(18)19/h2-5,13H,6-10H2,1H3,(H,18,19). The molecule has 1 aromatic rings. The molecule has 19 heavy (non-hydrogen) atoms. The van der Waals surface area contributed by atoms with Crippen LogP contribution in [0.3, 0.4) is 0 Å². The van der Waals surface area contributed by atoms with Crippen LogP contribution in [0.25, 0.3) is 0 Å². The molecule has 0 unspecified atom stereocenters. The number of hydrogen-bond acceptors (Lipinski definition) is 2. The smallest absolute Gasteiger partial charge is 0.306 e. The normalized spacial score (nSPS) is 16.4. The third-order valence-electron chi connectivity index (χ3n) is 3.67. The number of carbonyl (C=O) groups is 2. The van der Waals surface area contributed by atoms with E-state index in [-0.39, 0.29) is 11.8 Å². The summed E-state index contributed by atoms with van der Waals surface area (Å²) in [5, 5.41) is 8.92. The highest BCUT2D eigenvalue weighted by atomic mass is 16.4. The molecule has 1 heterocycles. The summed E-state index contributed by atoms with van der Waals surface area (Å²) in [6, 6.07) is 7.94. The van der Waals surface area contributed by atoms with Gasteiger partial charge in [0.05, 0.1) is 12.3 Å².